The van der Waals surface area contributed by atoms with Crippen LogP contribution in [0.4, 0.5) is 4.39 Å². The Hall–Kier alpha value is -1.64. The largest absolute Gasteiger partial charge is 0.282 e. The van der Waals surface area contributed by atoms with Crippen LogP contribution in [0.3, 0.4) is 0 Å². The summed E-state index contributed by atoms with van der Waals surface area (Å²) in [7, 11) is 0. The van der Waals surface area contributed by atoms with Crippen molar-refractivity contribution in [3.8, 4) is 11.3 Å². The maximum Gasteiger partial charge on any atom is 0.123 e. The topological polar surface area (TPSA) is 28.7 Å². The van der Waals surface area contributed by atoms with Gasteiger partial charge in [-0.15, -0.1) is 0 Å². The smallest absolute Gasteiger partial charge is 0.123 e. The molecule has 0 aliphatic heterocycles. The van der Waals surface area contributed by atoms with Crippen LogP contribution in [-0.4, -0.2) is 10.2 Å². The molecule has 1 N–H and O–H groups in total. The Balaban J connectivity index is 0.000000531. The molecule has 1 aromatic carbocycles. The Morgan fingerprint density at radius 3 is 2.20 bits per heavy atom. The van der Waals surface area contributed by atoms with Gasteiger partial charge in [0, 0.05) is 11.3 Å². The predicted molar refractivity (Wildman–Crippen MR) is 60.1 cm³/mol. The number of nitrogens with one attached hydrogen (secondary N) is 1. The minimum Gasteiger partial charge on any atom is -0.282 e. The number of hydrogen-bond donors (Lipinski definition) is 1. The number of aromatic amines is 1. The Morgan fingerprint density at radius 1 is 1.13 bits per heavy atom. The van der Waals surface area contributed by atoms with Gasteiger partial charge in [0.25, 0.3) is 0 Å². The zero-order valence-corrected chi connectivity index (χ0v) is 9.21. The Kier molecular flexibility index (Phi) is 4.03. The molecule has 0 radical (unpaired) electrons. The van der Waals surface area contributed by atoms with Crippen molar-refractivity contribution in [3.05, 3.63) is 41.8 Å². The first kappa shape index (κ1) is 11.4. The first-order valence-corrected chi connectivity index (χ1v) is 5.03. The van der Waals surface area contributed by atoms with Crippen molar-refractivity contribution in [3.63, 3.8) is 0 Å². The van der Waals surface area contributed by atoms with Crippen molar-refractivity contribution in [1.82, 2.24) is 10.2 Å². The van der Waals surface area contributed by atoms with Crippen molar-refractivity contribution in [2.75, 3.05) is 0 Å². The van der Waals surface area contributed by atoms with E-state index in [-0.39, 0.29) is 5.82 Å². The zero-order chi connectivity index (χ0) is 11.3. The molecule has 2 nitrogen and oxygen atoms in total. The first-order valence-electron chi connectivity index (χ1n) is 5.03. The lowest BCUT2D eigenvalue weighted by Gasteiger charge is -1.94. The van der Waals surface area contributed by atoms with E-state index in [1.54, 1.807) is 12.1 Å². The van der Waals surface area contributed by atoms with E-state index >= 15 is 0 Å². The van der Waals surface area contributed by atoms with Gasteiger partial charge in [-0.2, -0.15) is 5.10 Å². The van der Waals surface area contributed by atoms with Gasteiger partial charge in [-0.3, -0.25) is 5.10 Å². The van der Waals surface area contributed by atoms with Crippen molar-refractivity contribution >= 4 is 0 Å². The van der Waals surface area contributed by atoms with E-state index in [0.29, 0.717) is 0 Å². The average Bonchev–Trinajstić information content (AvgIpc) is 2.69. The highest BCUT2D eigenvalue weighted by molar-refractivity contribution is 5.58. The van der Waals surface area contributed by atoms with Crippen LogP contribution in [0.25, 0.3) is 11.3 Å². The third kappa shape index (κ3) is 2.91. The van der Waals surface area contributed by atoms with E-state index in [2.05, 4.69) is 10.2 Å². The second kappa shape index (κ2) is 5.29. The monoisotopic (exact) mass is 206 g/mol. The molecule has 0 amide bonds. The van der Waals surface area contributed by atoms with Gasteiger partial charge in [-0.1, -0.05) is 13.8 Å². The van der Waals surface area contributed by atoms with Crippen LogP contribution in [0.1, 0.15) is 19.5 Å². The molecule has 0 atom stereocenters. The van der Waals surface area contributed by atoms with Gasteiger partial charge in [0.2, 0.25) is 0 Å². The van der Waals surface area contributed by atoms with Crippen LogP contribution in [0.2, 0.25) is 0 Å². The van der Waals surface area contributed by atoms with E-state index in [1.165, 1.54) is 12.1 Å². The number of aryl methyl sites for hydroxylation is 1. The van der Waals surface area contributed by atoms with Crippen LogP contribution < -0.4 is 0 Å². The number of rotatable bonds is 1. The minimum atomic E-state index is -0.226. The molecule has 1 heterocycles. The molecule has 0 saturated heterocycles. The molecule has 2 rings (SSSR count). The third-order valence-electron chi connectivity index (χ3n) is 1.85. The van der Waals surface area contributed by atoms with Gasteiger partial charge in [-0.05, 0) is 37.3 Å². The fourth-order valence-corrected chi connectivity index (χ4v) is 1.19. The van der Waals surface area contributed by atoms with Gasteiger partial charge < -0.3 is 0 Å². The zero-order valence-electron chi connectivity index (χ0n) is 9.21. The summed E-state index contributed by atoms with van der Waals surface area (Å²) in [5.74, 6) is -0.226. The van der Waals surface area contributed by atoms with Crippen molar-refractivity contribution in [2.24, 2.45) is 0 Å². The highest BCUT2D eigenvalue weighted by atomic mass is 19.1. The van der Waals surface area contributed by atoms with Gasteiger partial charge in [0.1, 0.15) is 5.82 Å². The average molecular weight is 206 g/mol. The fraction of sp³-hybridized carbons (Fsp3) is 0.250. The summed E-state index contributed by atoms with van der Waals surface area (Å²) in [6, 6.07) is 8.21. The quantitative estimate of drug-likeness (QED) is 0.759. The molecule has 2 aromatic rings. The maximum atomic E-state index is 12.6. The molecule has 0 fully saturated rings. The molecule has 80 valence electrons. The van der Waals surface area contributed by atoms with E-state index < -0.39 is 0 Å². The summed E-state index contributed by atoms with van der Waals surface area (Å²) in [6.07, 6.45) is 0. The maximum absolute atomic E-state index is 12.6. The molecule has 3 heteroatoms. The van der Waals surface area contributed by atoms with Crippen molar-refractivity contribution in [2.45, 2.75) is 20.8 Å². The van der Waals surface area contributed by atoms with E-state index in [0.717, 1.165) is 17.0 Å². The predicted octanol–water partition coefficient (Wildman–Crippen LogP) is 3.55. The number of benzene rings is 1. The molecule has 0 spiro atoms. The lowest BCUT2D eigenvalue weighted by Crippen LogP contribution is -1.78. The molecular weight excluding hydrogens is 191 g/mol. The van der Waals surface area contributed by atoms with Crippen molar-refractivity contribution in [1.29, 1.82) is 0 Å². The molecule has 1 aromatic heterocycles. The lowest BCUT2D eigenvalue weighted by atomic mass is 10.1. The molecule has 0 saturated carbocycles. The molecule has 0 aliphatic rings. The Morgan fingerprint density at radius 2 is 1.73 bits per heavy atom. The van der Waals surface area contributed by atoms with Crippen LogP contribution in [-0.2, 0) is 0 Å². The molecular formula is C12H15FN2. The summed E-state index contributed by atoms with van der Waals surface area (Å²) in [5, 5.41) is 6.91. The summed E-state index contributed by atoms with van der Waals surface area (Å²) in [6.45, 7) is 5.93. The molecule has 0 aliphatic carbocycles. The van der Waals surface area contributed by atoms with Crippen LogP contribution in [0, 0.1) is 12.7 Å². The van der Waals surface area contributed by atoms with Crippen LogP contribution in [0.15, 0.2) is 30.3 Å². The van der Waals surface area contributed by atoms with Crippen LogP contribution in [0.5, 0.6) is 0 Å². The summed E-state index contributed by atoms with van der Waals surface area (Å²) in [4.78, 5) is 0. The third-order valence-corrected chi connectivity index (χ3v) is 1.85. The second-order valence-electron chi connectivity index (χ2n) is 2.94. The normalized spacial score (nSPS) is 9.33. The van der Waals surface area contributed by atoms with E-state index in [4.69, 9.17) is 0 Å². The van der Waals surface area contributed by atoms with Crippen LogP contribution >= 0.6 is 0 Å². The Bertz CT molecular complexity index is 404. The molecule has 15 heavy (non-hydrogen) atoms. The van der Waals surface area contributed by atoms with Gasteiger partial charge in [0.15, 0.2) is 0 Å². The summed E-state index contributed by atoms with van der Waals surface area (Å²) >= 11 is 0. The lowest BCUT2D eigenvalue weighted by molar-refractivity contribution is 0.628. The molecule has 0 unspecified atom stereocenters. The fourth-order valence-electron chi connectivity index (χ4n) is 1.19. The number of H-pyrrole nitrogens is 1. The van der Waals surface area contributed by atoms with Gasteiger partial charge in [0.05, 0.1) is 5.69 Å². The standard InChI is InChI=1S/C10H9FN2.C2H6/c1-7-6-10(13-12-7)8-2-4-9(11)5-3-8;1-2/h2-6H,1H3,(H,12,13);1-2H3. The second-order valence-corrected chi connectivity index (χ2v) is 2.94. The number of hydrogen-bond acceptors (Lipinski definition) is 1. The minimum absolute atomic E-state index is 0.226. The van der Waals surface area contributed by atoms with E-state index in [1.807, 2.05) is 26.8 Å². The highest BCUT2D eigenvalue weighted by Crippen LogP contribution is 2.17. The highest BCUT2D eigenvalue weighted by Gasteiger charge is 2.00. The Labute approximate surface area is 89.2 Å². The summed E-state index contributed by atoms with van der Waals surface area (Å²) in [5.41, 5.74) is 2.77. The number of aromatic nitrogens is 2. The first-order chi connectivity index (χ1) is 7.25. The molecule has 0 bridgehead atoms. The SMILES string of the molecule is CC.Cc1cc(-c2ccc(F)cc2)n[nH]1. The van der Waals surface area contributed by atoms with Gasteiger partial charge in [-0.25, -0.2) is 4.39 Å². The number of nitrogens with zero attached hydrogens (tertiary/aromatic N) is 1. The number of halogens is 1. The van der Waals surface area contributed by atoms with Gasteiger partial charge >= 0.3 is 0 Å². The van der Waals surface area contributed by atoms with Crippen molar-refractivity contribution < 1.29 is 4.39 Å². The summed E-state index contributed by atoms with van der Waals surface area (Å²) < 4.78 is 12.6. The van der Waals surface area contributed by atoms with E-state index in [9.17, 15) is 4.39 Å².